The van der Waals surface area contributed by atoms with Crippen molar-refractivity contribution in [3.05, 3.63) is 23.7 Å². The summed E-state index contributed by atoms with van der Waals surface area (Å²) >= 11 is 0. The number of carbonyl (C=O) groups is 1. The number of rotatable bonds is 3. The summed E-state index contributed by atoms with van der Waals surface area (Å²) in [4.78, 5) is 13.0. The smallest absolute Gasteiger partial charge is 0.284 e. The second-order valence-electron chi connectivity index (χ2n) is 3.52. The van der Waals surface area contributed by atoms with Crippen molar-refractivity contribution in [3.8, 4) is 0 Å². The fraction of sp³-hybridized carbons (Fsp3) is 0.500. The first-order chi connectivity index (χ1) is 7.25. The molecule has 1 amide bonds. The van der Waals surface area contributed by atoms with E-state index in [9.17, 15) is 4.79 Å². The standard InChI is InChI=1S/C10H14N2O3/c11-10(13)9-2-1-8(15-9)7-12-3-5-14-6-4-12/h1-2H,3-7H2,(H2,11,13). The van der Waals surface area contributed by atoms with E-state index in [4.69, 9.17) is 14.9 Å². The second kappa shape index (κ2) is 4.46. The van der Waals surface area contributed by atoms with Crippen molar-refractivity contribution in [1.29, 1.82) is 0 Å². The van der Waals surface area contributed by atoms with Crippen molar-refractivity contribution < 1.29 is 13.9 Å². The molecule has 2 heterocycles. The van der Waals surface area contributed by atoms with Crippen molar-refractivity contribution in [1.82, 2.24) is 4.90 Å². The van der Waals surface area contributed by atoms with Crippen LogP contribution >= 0.6 is 0 Å². The van der Waals surface area contributed by atoms with Gasteiger partial charge in [-0.25, -0.2) is 0 Å². The lowest BCUT2D eigenvalue weighted by atomic mass is 10.3. The molecule has 1 aromatic rings. The lowest BCUT2D eigenvalue weighted by Gasteiger charge is -2.25. The van der Waals surface area contributed by atoms with Crippen LogP contribution in [-0.2, 0) is 11.3 Å². The van der Waals surface area contributed by atoms with Gasteiger partial charge in [0, 0.05) is 13.1 Å². The molecule has 5 nitrogen and oxygen atoms in total. The summed E-state index contributed by atoms with van der Waals surface area (Å²) in [6.07, 6.45) is 0. The minimum Gasteiger partial charge on any atom is -0.455 e. The minimum atomic E-state index is -0.525. The predicted octanol–water partition coefficient (Wildman–Crippen LogP) is 0.211. The first kappa shape index (κ1) is 10.2. The number of hydrogen-bond acceptors (Lipinski definition) is 4. The number of carbonyl (C=O) groups excluding carboxylic acids is 1. The van der Waals surface area contributed by atoms with Gasteiger partial charge in [0.2, 0.25) is 0 Å². The fourth-order valence-electron chi connectivity index (χ4n) is 1.57. The Morgan fingerprint density at radius 2 is 2.13 bits per heavy atom. The molecule has 1 aliphatic rings. The van der Waals surface area contributed by atoms with Crippen LogP contribution in [0.5, 0.6) is 0 Å². The number of primary amides is 1. The summed E-state index contributed by atoms with van der Waals surface area (Å²) in [5, 5.41) is 0. The molecule has 0 radical (unpaired) electrons. The third-order valence-corrected chi connectivity index (χ3v) is 2.39. The molecular formula is C10H14N2O3. The van der Waals surface area contributed by atoms with Crippen molar-refractivity contribution in [2.75, 3.05) is 26.3 Å². The largest absolute Gasteiger partial charge is 0.455 e. The van der Waals surface area contributed by atoms with Crippen LogP contribution in [0, 0.1) is 0 Å². The molecule has 1 saturated heterocycles. The van der Waals surface area contributed by atoms with E-state index in [0.29, 0.717) is 6.54 Å². The molecule has 0 atom stereocenters. The van der Waals surface area contributed by atoms with Crippen LogP contribution in [0.25, 0.3) is 0 Å². The number of hydrogen-bond donors (Lipinski definition) is 1. The lowest BCUT2D eigenvalue weighted by molar-refractivity contribution is 0.0311. The number of furan rings is 1. The van der Waals surface area contributed by atoms with Gasteiger partial charge in [0.15, 0.2) is 5.76 Å². The number of morpholine rings is 1. The minimum absolute atomic E-state index is 0.221. The average Bonchev–Trinajstić information content (AvgIpc) is 2.68. The Hall–Kier alpha value is -1.33. The quantitative estimate of drug-likeness (QED) is 0.774. The van der Waals surface area contributed by atoms with Gasteiger partial charge in [-0.1, -0.05) is 0 Å². The maximum atomic E-state index is 10.8. The summed E-state index contributed by atoms with van der Waals surface area (Å²) in [6.45, 7) is 4.00. The normalized spacial score (nSPS) is 17.9. The molecule has 0 aliphatic carbocycles. The molecule has 0 spiro atoms. The van der Waals surface area contributed by atoms with E-state index < -0.39 is 5.91 Å². The zero-order chi connectivity index (χ0) is 10.7. The fourth-order valence-corrected chi connectivity index (χ4v) is 1.57. The summed E-state index contributed by atoms with van der Waals surface area (Å²) in [7, 11) is 0. The molecule has 0 unspecified atom stereocenters. The highest BCUT2D eigenvalue weighted by Crippen LogP contribution is 2.11. The Morgan fingerprint density at radius 1 is 1.40 bits per heavy atom. The highest BCUT2D eigenvalue weighted by Gasteiger charge is 2.13. The van der Waals surface area contributed by atoms with Gasteiger partial charge in [0.05, 0.1) is 19.8 Å². The van der Waals surface area contributed by atoms with Crippen molar-refractivity contribution in [2.45, 2.75) is 6.54 Å². The Bertz CT molecular complexity index is 342. The van der Waals surface area contributed by atoms with E-state index in [1.807, 2.05) is 0 Å². The molecule has 0 bridgehead atoms. The monoisotopic (exact) mass is 210 g/mol. The van der Waals surface area contributed by atoms with E-state index in [0.717, 1.165) is 32.1 Å². The predicted molar refractivity (Wildman–Crippen MR) is 53.3 cm³/mol. The molecule has 0 saturated carbocycles. The number of nitrogens with zero attached hydrogens (tertiary/aromatic N) is 1. The lowest BCUT2D eigenvalue weighted by Crippen LogP contribution is -2.35. The molecule has 5 heteroatoms. The van der Waals surface area contributed by atoms with Crippen LogP contribution in [0.1, 0.15) is 16.3 Å². The van der Waals surface area contributed by atoms with E-state index in [1.165, 1.54) is 0 Å². The Morgan fingerprint density at radius 3 is 2.73 bits per heavy atom. The molecule has 0 aromatic carbocycles. The van der Waals surface area contributed by atoms with Crippen molar-refractivity contribution in [2.24, 2.45) is 5.73 Å². The SMILES string of the molecule is NC(=O)c1ccc(CN2CCOCC2)o1. The van der Waals surface area contributed by atoms with Crippen molar-refractivity contribution in [3.63, 3.8) is 0 Å². The van der Waals surface area contributed by atoms with Crippen LogP contribution in [-0.4, -0.2) is 37.1 Å². The van der Waals surface area contributed by atoms with Crippen molar-refractivity contribution >= 4 is 5.91 Å². The van der Waals surface area contributed by atoms with Gasteiger partial charge in [0.1, 0.15) is 5.76 Å². The Labute approximate surface area is 87.8 Å². The van der Waals surface area contributed by atoms with Gasteiger partial charge in [-0.05, 0) is 12.1 Å². The highest BCUT2D eigenvalue weighted by atomic mass is 16.5. The van der Waals surface area contributed by atoms with Gasteiger partial charge < -0.3 is 14.9 Å². The van der Waals surface area contributed by atoms with E-state index in [1.54, 1.807) is 12.1 Å². The third kappa shape index (κ3) is 2.57. The van der Waals surface area contributed by atoms with Crippen LogP contribution in [0.2, 0.25) is 0 Å². The molecule has 1 aromatic heterocycles. The summed E-state index contributed by atoms with van der Waals surface area (Å²) in [5.74, 6) is 0.465. The number of amides is 1. The van der Waals surface area contributed by atoms with Gasteiger partial charge in [-0.3, -0.25) is 9.69 Å². The second-order valence-corrected chi connectivity index (χ2v) is 3.52. The van der Waals surface area contributed by atoms with Gasteiger partial charge >= 0.3 is 0 Å². The van der Waals surface area contributed by atoms with Gasteiger partial charge in [-0.15, -0.1) is 0 Å². The van der Waals surface area contributed by atoms with Crippen LogP contribution in [0.15, 0.2) is 16.5 Å². The van der Waals surface area contributed by atoms with E-state index in [2.05, 4.69) is 4.90 Å². The van der Waals surface area contributed by atoms with Crippen LogP contribution in [0.4, 0.5) is 0 Å². The average molecular weight is 210 g/mol. The maximum Gasteiger partial charge on any atom is 0.284 e. The number of nitrogens with two attached hydrogens (primary N) is 1. The van der Waals surface area contributed by atoms with Gasteiger partial charge in [0.25, 0.3) is 5.91 Å². The molecule has 2 rings (SSSR count). The Kier molecular flexibility index (Phi) is 3.03. The highest BCUT2D eigenvalue weighted by molar-refractivity contribution is 5.89. The topological polar surface area (TPSA) is 68.7 Å². The first-order valence-corrected chi connectivity index (χ1v) is 4.94. The van der Waals surface area contributed by atoms with Gasteiger partial charge in [-0.2, -0.15) is 0 Å². The maximum absolute atomic E-state index is 10.8. The zero-order valence-electron chi connectivity index (χ0n) is 8.44. The van der Waals surface area contributed by atoms with E-state index in [-0.39, 0.29) is 5.76 Å². The molecule has 1 aliphatic heterocycles. The molecular weight excluding hydrogens is 196 g/mol. The Balaban J connectivity index is 1.94. The summed E-state index contributed by atoms with van der Waals surface area (Å²) in [5.41, 5.74) is 5.09. The third-order valence-electron chi connectivity index (χ3n) is 2.39. The van der Waals surface area contributed by atoms with Crippen LogP contribution < -0.4 is 5.73 Å². The van der Waals surface area contributed by atoms with Crippen LogP contribution in [0.3, 0.4) is 0 Å². The summed E-state index contributed by atoms with van der Waals surface area (Å²) < 4.78 is 10.5. The zero-order valence-corrected chi connectivity index (χ0v) is 8.44. The summed E-state index contributed by atoms with van der Waals surface area (Å²) in [6, 6.07) is 3.40. The van der Waals surface area contributed by atoms with E-state index >= 15 is 0 Å². The number of ether oxygens (including phenoxy) is 1. The molecule has 1 fully saturated rings. The molecule has 82 valence electrons. The first-order valence-electron chi connectivity index (χ1n) is 4.94. The molecule has 2 N–H and O–H groups in total. The molecule has 15 heavy (non-hydrogen) atoms.